The minimum atomic E-state index is -0.391. The first kappa shape index (κ1) is 18.8. The number of aryl methyl sites for hydroxylation is 2. The van der Waals surface area contributed by atoms with Crippen LogP contribution in [0.15, 0.2) is 47.1 Å². The Balaban J connectivity index is 1.37. The fourth-order valence-electron chi connectivity index (χ4n) is 4.69. The highest BCUT2D eigenvalue weighted by molar-refractivity contribution is 5.96. The van der Waals surface area contributed by atoms with E-state index < -0.39 is 5.41 Å². The van der Waals surface area contributed by atoms with Crippen LogP contribution in [0.1, 0.15) is 47.4 Å². The first-order valence-electron chi connectivity index (χ1n) is 10.3. The molecular formula is C23H28N2O3. The van der Waals surface area contributed by atoms with Gasteiger partial charge in [0.25, 0.3) is 5.91 Å². The lowest BCUT2D eigenvalue weighted by Gasteiger charge is -2.39. The number of likely N-dealkylation sites (tertiary alicyclic amines) is 2. The van der Waals surface area contributed by atoms with Crippen LogP contribution in [-0.2, 0) is 11.2 Å². The monoisotopic (exact) mass is 380 g/mol. The summed E-state index contributed by atoms with van der Waals surface area (Å²) in [4.78, 5) is 30.0. The summed E-state index contributed by atoms with van der Waals surface area (Å²) in [5.74, 6) is 0.867. The number of benzene rings is 1. The van der Waals surface area contributed by atoms with Crippen molar-refractivity contribution in [2.75, 3.05) is 26.2 Å². The molecule has 2 aliphatic rings. The Morgan fingerprint density at radius 3 is 2.71 bits per heavy atom. The second-order valence-corrected chi connectivity index (χ2v) is 8.13. The average Bonchev–Trinajstić information content (AvgIpc) is 3.33. The summed E-state index contributed by atoms with van der Waals surface area (Å²) in [5.41, 5.74) is 1.54. The highest BCUT2D eigenvalue weighted by Gasteiger charge is 2.49. The second kappa shape index (κ2) is 7.82. The lowest BCUT2D eigenvalue weighted by molar-refractivity contribution is -0.145. The van der Waals surface area contributed by atoms with Gasteiger partial charge in [-0.2, -0.15) is 0 Å². The van der Waals surface area contributed by atoms with E-state index in [1.807, 2.05) is 15.9 Å². The van der Waals surface area contributed by atoms with Crippen LogP contribution in [0, 0.1) is 12.3 Å². The van der Waals surface area contributed by atoms with E-state index in [-0.39, 0.29) is 11.8 Å². The van der Waals surface area contributed by atoms with E-state index in [1.54, 1.807) is 19.3 Å². The van der Waals surface area contributed by atoms with Gasteiger partial charge in [0, 0.05) is 26.2 Å². The van der Waals surface area contributed by atoms with Crippen molar-refractivity contribution in [3.63, 3.8) is 0 Å². The third-order valence-corrected chi connectivity index (χ3v) is 6.29. The Labute approximate surface area is 166 Å². The van der Waals surface area contributed by atoms with Crippen LogP contribution in [-0.4, -0.2) is 47.8 Å². The van der Waals surface area contributed by atoms with Gasteiger partial charge in [-0.05, 0) is 50.7 Å². The van der Waals surface area contributed by atoms with Gasteiger partial charge in [-0.15, -0.1) is 0 Å². The maximum absolute atomic E-state index is 13.3. The third-order valence-electron chi connectivity index (χ3n) is 6.29. The summed E-state index contributed by atoms with van der Waals surface area (Å²) in [5, 5.41) is 0. The molecule has 4 rings (SSSR count). The van der Waals surface area contributed by atoms with E-state index in [9.17, 15) is 9.59 Å². The molecule has 0 radical (unpaired) electrons. The smallest absolute Gasteiger partial charge is 0.257 e. The molecule has 1 aromatic carbocycles. The molecule has 28 heavy (non-hydrogen) atoms. The van der Waals surface area contributed by atoms with Gasteiger partial charge in [-0.3, -0.25) is 9.59 Å². The number of amides is 2. The van der Waals surface area contributed by atoms with Gasteiger partial charge in [0.1, 0.15) is 5.76 Å². The minimum absolute atomic E-state index is 0.0165. The van der Waals surface area contributed by atoms with Gasteiger partial charge in [0.2, 0.25) is 5.91 Å². The molecule has 0 N–H and O–H groups in total. The van der Waals surface area contributed by atoms with Crippen LogP contribution in [0.25, 0.3) is 0 Å². The van der Waals surface area contributed by atoms with E-state index in [1.165, 1.54) is 5.56 Å². The molecule has 2 fully saturated rings. The van der Waals surface area contributed by atoms with E-state index in [0.717, 1.165) is 45.2 Å². The van der Waals surface area contributed by atoms with Crippen molar-refractivity contribution >= 4 is 11.8 Å². The number of nitrogens with zero attached hydrogens (tertiary/aromatic N) is 2. The molecule has 5 heteroatoms. The Hall–Kier alpha value is -2.56. The lowest BCUT2D eigenvalue weighted by atomic mass is 9.78. The zero-order valence-electron chi connectivity index (χ0n) is 16.5. The molecule has 1 aromatic heterocycles. The molecule has 0 saturated carbocycles. The summed E-state index contributed by atoms with van der Waals surface area (Å²) in [6.07, 6.45) is 6.18. The Kier molecular flexibility index (Phi) is 5.25. The standard InChI is InChI=1S/C23H28N2O3/c1-18-20(10-16-28-18)21(26)25-15-12-23(17-25)11-6-14-24(22(23)27)13-5-9-19-7-3-2-4-8-19/h2-4,7-8,10,16H,5-6,9,11-15,17H2,1H3/t23-/m0/s1. The quantitative estimate of drug-likeness (QED) is 0.795. The van der Waals surface area contributed by atoms with E-state index in [4.69, 9.17) is 4.42 Å². The fraction of sp³-hybridized carbons (Fsp3) is 0.478. The summed E-state index contributed by atoms with van der Waals surface area (Å²) >= 11 is 0. The fourth-order valence-corrected chi connectivity index (χ4v) is 4.69. The van der Waals surface area contributed by atoms with Gasteiger partial charge in [0.15, 0.2) is 0 Å². The van der Waals surface area contributed by atoms with Gasteiger partial charge in [-0.25, -0.2) is 0 Å². The van der Waals surface area contributed by atoms with Crippen molar-refractivity contribution < 1.29 is 14.0 Å². The Morgan fingerprint density at radius 1 is 1.14 bits per heavy atom. The molecule has 0 aliphatic carbocycles. The first-order chi connectivity index (χ1) is 13.6. The predicted molar refractivity (Wildman–Crippen MR) is 107 cm³/mol. The van der Waals surface area contributed by atoms with Gasteiger partial charge >= 0.3 is 0 Å². The largest absolute Gasteiger partial charge is 0.469 e. The van der Waals surface area contributed by atoms with E-state index in [0.29, 0.717) is 24.4 Å². The van der Waals surface area contributed by atoms with Crippen molar-refractivity contribution in [3.8, 4) is 0 Å². The summed E-state index contributed by atoms with van der Waals surface area (Å²) in [7, 11) is 0. The number of furan rings is 1. The molecule has 1 atom stereocenters. The average molecular weight is 380 g/mol. The maximum atomic E-state index is 13.3. The number of piperidine rings is 1. The van der Waals surface area contributed by atoms with Crippen molar-refractivity contribution in [1.82, 2.24) is 9.80 Å². The molecule has 2 saturated heterocycles. The molecule has 2 aromatic rings. The number of carbonyl (C=O) groups is 2. The minimum Gasteiger partial charge on any atom is -0.469 e. The van der Waals surface area contributed by atoms with Crippen LogP contribution in [0.4, 0.5) is 0 Å². The number of rotatable bonds is 5. The molecule has 5 nitrogen and oxygen atoms in total. The predicted octanol–water partition coefficient (Wildman–Crippen LogP) is 3.68. The molecule has 148 valence electrons. The van der Waals surface area contributed by atoms with Gasteiger partial charge < -0.3 is 14.2 Å². The maximum Gasteiger partial charge on any atom is 0.257 e. The number of hydrogen-bond donors (Lipinski definition) is 0. The Bertz CT molecular complexity index is 845. The molecule has 2 amide bonds. The molecular weight excluding hydrogens is 352 g/mol. The second-order valence-electron chi connectivity index (χ2n) is 8.13. The molecule has 3 heterocycles. The van der Waals surface area contributed by atoms with Crippen LogP contribution in [0.3, 0.4) is 0 Å². The Morgan fingerprint density at radius 2 is 1.96 bits per heavy atom. The SMILES string of the molecule is Cc1occc1C(=O)N1CC[C@@]2(CCCN(CCCc3ccccc3)C2=O)C1. The molecule has 0 unspecified atom stereocenters. The number of hydrogen-bond acceptors (Lipinski definition) is 3. The zero-order valence-corrected chi connectivity index (χ0v) is 16.5. The van der Waals surface area contributed by atoms with E-state index in [2.05, 4.69) is 24.3 Å². The van der Waals surface area contributed by atoms with Gasteiger partial charge in [-0.1, -0.05) is 30.3 Å². The van der Waals surface area contributed by atoms with Crippen molar-refractivity contribution in [2.24, 2.45) is 5.41 Å². The molecule has 0 bridgehead atoms. The summed E-state index contributed by atoms with van der Waals surface area (Å²) in [6.45, 7) is 4.62. The first-order valence-corrected chi connectivity index (χ1v) is 10.3. The topological polar surface area (TPSA) is 53.8 Å². The van der Waals surface area contributed by atoms with Crippen LogP contribution >= 0.6 is 0 Å². The van der Waals surface area contributed by atoms with Crippen LogP contribution < -0.4 is 0 Å². The van der Waals surface area contributed by atoms with Crippen molar-refractivity contribution in [3.05, 3.63) is 59.5 Å². The third kappa shape index (κ3) is 3.58. The number of carbonyl (C=O) groups excluding carboxylic acids is 2. The summed E-state index contributed by atoms with van der Waals surface area (Å²) < 4.78 is 5.28. The van der Waals surface area contributed by atoms with Crippen molar-refractivity contribution in [1.29, 1.82) is 0 Å². The highest BCUT2D eigenvalue weighted by Crippen LogP contribution is 2.40. The van der Waals surface area contributed by atoms with Crippen LogP contribution in [0.5, 0.6) is 0 Å². The van der Waals surface area contributed by atoms with Crippen LogP contribution in [0.2, 0.25) is 0 Å². The molecule has 2 aliphatic heterocycles. The van der Waals surface area contributed by atoms with Gasteiger partial charge in [0.05, 0.1) is 17.2 Å². The van der Waals surface area contributed by atoms with E-state index >= 15 is 0 Å². The normalized spacial score (nSPS) is 22.2. The zero-order chi connectivity index (χ0) is 19.6. The highest BCUT2D eigenvalue weighted by atomic mass is 16.3. The summed E-state index contributed by atoms with van der Waals surface area (Å²) in [6, 6.07) is 12.1. The van der Waals surface area contributed by atoms with Crippen molar-refractivity contribution in [2.45, 2.75) is 39.0 Å². The molecule has 1 spiro atoms. The lowest BCUT2D eigenvalue weighted by Crippen LogP contribution is -2.50.